The highest BCUT2D eigenvalue weighted by Gasteiger charge is 2.18. The quantitative estimate of drug-likeness (QED) is 0.669. The van der Waals surface area contributed by atoms with Crippen LogP contribution < -0.4 is 5.32 Å². The molecule has 3 rings (SSSR count). The molecule has 0 aliphatic heterocycles. The van der Waals surface area contributed by atoms with E-state index in [2.05, 4.69) is 34.5 Å². The van der Waals surface area contributed by atoms with E-state index in [0.29, 0.717) is 12.2 Å². The summed E-state index contributed by atoms with van der Waals surface area (Å²) in [5, 5.41) is 7.39. The maximum Gasteiger partial charge on any atom is 0.273 e. The number of hydrogen-bond acceptors (Lipinski definition) is 4. The molecule has 130 valence electrons. The first-order valence-corrected chi connectivity index (χ1v) is 9.50. The van der Waals surface area contributed by atoms with Crippen LogP contribution in [0.5, 0.6) is 0 Å². The number of nitrogens with zero attached hydrogens (tertiary/aromatic N) is 3. The smallest absolute Gasteiger partial charge is 0.273 e. The van der Waals surface area contributed by atoms with Crippen molar-refractivity contribution in [3.63, 3.8) is 0 Å². The minimum Gasteiger partial charge on any atom is -0.350 e. The first-order chi connectivity index (χ1) is 12.1. The van der Waals surface area contributed by atoms with Gasteiger partial charge in [-0.2, -0.15) is 16.9 Å². The molecule has 0 saturated carbocycles. The van der Waals surface area contributed by atoms with Crippen LogP contribution in [0.4, 0.5) is 0 Å². The van der Waals surface area contributed by atoms with E-state index in [1.165, 1.54) is 11.1 Å². The summed E-state index contributed by atoms with van der Waals surface area (Å²) >= 11 is 8.01. The van der Waals surface area contributed by atoms with E-state index in [4.69, 9.17) is 11.6 Å². The molecular weight excluding hydrogens is 356 g/mol. The van der Waals surface area contributed by atoms with E-state index >= 15 is 0 Å². The van der Waals surface area contributed by atoms with Crippen LogP contribution in [0.2, 0.25) is 5.02 Å². The summed E-state index contributed by atoms with van der Waals surface area (Å²) in [5.74, 6) is 1.48. The zero-order valence-electron chi connectivity index (χ0n) is 14.1. The van der Waals surface area contributed by atoms with Gasteiger partial charge in [0.05, 0.1) is 0 Å². The van der Waals surface area contributed by atoms with E-state index in [9.17, 15) is 4.79 Å². The number of halogens is 1. The summed E-state index contributed by atoms with van der Waals surface area (Å²) in [5.41, 5.74) is 4.27. The van der Waals surface area contributed by atoms with Crippen molar-refractivity contribution in [3.8, 4) is 0 Å². The number of aromatic nitrogens is 3. The van der Waals surface area contributed by atoms with E-state index in [-0.39, 0.29) is 16.6 Å². The van der Waals surface area contributed by atoms with Gasteiger partial charge in [-0.1, -0.05) is 35.9 Å². The molecule has 0 radical (unpaired) electrons. The number of amides is 1. The summed E-state index contributed by atoms with van der Waals surface area (Å²) in [6.45, 7) is 4.58. The number of aryl methyl sites for hydroxylation is 2. The van der Waals surface area contributed by atoms with Crippen molar-refractivity contribution in [3.05, 3.63) is 64.1 Å². The second-order valence-corrected chi connectivity index (χ2v) is 7.28. The van der Waals surface area contributed by atoms with Gasteiger partial charge in [-0.25, -0.2) is 9.50 Å². The summed E-state index contributed by atoms with van der Waals surface area (Å²) in [6, 6.07) is 8.33. The van der Waals surface area contributed by atoms with Crippen molar-refractivity contribution in [2.45, 2.75) is 19.6 Å². The van der Waals surface area contributed by atoms with Crippen LogP contribution in [0.1, 0.15) is 27.2 Å². The Balaban J connectivity index is 1.53. The lowest BCUT2D eigenvalue weighted by Crippen LogP contribution is -2.26. The maximum absolute atomic E-state index is 12.3. The van der Waals surface area contributed by atoms with Crippen molar-refractivity contribution in [1.29, 1.82) is 0 Å². The molecule has 2 aromatic heterocycles. The average molecular weight is 375 g/mol. The standard InChI is InChI=1S/C18H19ClN4OS/c1-12-9-21-17-15(19)16(22-23(17)10-12)18(24)20-7-8-25-11-14-6-4-3-5-13(14)2/h3-6,9-10H,7-8,11H2,1-2H3,(H,20,24). The van der Waals surface area contributed by atoms with Crippen LogP contribution in [0, 0.1) is 13.8 Å². The van der Waals surface area contributed by atoms with Gasteiger partial charge in [0.1, 0.15) is 5.02 Å². The molecule has 5 nitrogen and oxygen atoms in total. The van der Waals surface area contributed by atoms with Gasteiger partial charge in [0.2, 0.25) is 0 Å². The van der Waals surface area contributed by atoms with Crippen LogP contribution in [0.25, 0.3) is 5.65 Å². The second-order valence-electron chi connectivity index (χ2n) is 5.80. The summed E-state index contributed by atoms with van der Waals surface area (Å²) in [4.78, 5) is 16.5. The number of fused-ring (bicyclic) bond motifs is 1. The molecule has 0 unspecified atom stereocenters. The monoisotopic (exact) mass is 374 g/mol. The molecular formula is C18H19ClN4OS. The third-order valence-corrected chi connectivity index (χ3v) is 5.17. The molecule has 1 N–H and O–H groups in total. The molecule has 1 amide bonds. The Morgan fingerprint density at radius 3 is 2.92 bits per heavy atom. The largest absolute Gasteiger partial charge is 0.350 e. The molecule has 0 aliphatic rings. The SMILES string of the molecule is Cc1cnc2c(Cl)c(C(=O)NCCSCc3ccccc3C)nn2c1. The molecule has 25 heavy (non-hydrogen) atoms. The second kappa shape index (κ2) is 7.89. The minimum atomic E-state index is -0.273. The predicted molar refractivity (Wildman–Crippen MR) is 102 cm³/mol. The zero-order chi connectivity index (χ0) is 17.8. The van der Waals surface area contributed by atoms with Gasteiger partial charge in [0.25, 0.3) is 5.91 Å². The molecule has 0 bridgehead atoms. The Labute approximate surface area is 155 Å². The Morgan fingerprint density at radius 1 is 1.32 bits per heavy atom. The molecule has 3 aromatic rings. The summed E-state index contributed by atoms with van der Waals surface area (Å²) in [6.07, 6.45) is 3.50. The van der Waals surface area contributed by atoms with Crippen molar-refractivity contribution >= 4 is 34.9 Å². The molecule has 0 atom stereocenters. The molecule has 7 heteroatoms. The summed E-state index contributed by atoms with van der Waals surface area (Å²) in [7, 11) is 0. The van der Waals surface area contributed by atoms with Gasteiger partial charge < -0.3 is 5.32 Å². The number of hydrogen-bond donors (Lipinski definition) is 1. The fraction of sp³-hybridized carbons (Fsp3) is 0.278. The molecule has 1 aromatic carbocycles. The molecule has 0 aliphatic carbocycles. The molecule has 2 heterocycles. The fourth-order valence-corrected chi connectivity index (χ4v) is 3.61. The highest BCUT2D eigenvalue weighted by atomic mass is 35.5. The number of nitrogens with one attached hydrogen (secondary N) is 1. The van der Waals surface area contributed by atoms with Crippen LogP contribution in [0.3, 0.4) is 0 Å². The van der Waals surface area contributed by atoms with Crippen LogP contribution in [-0.2, 0) is 5.75 Å². The lowest BCUT2D eigenvalue weighted by molar-refractivity contribution is 0.0951. The van der Waals surface area contributed by atoms with Crippen LogP contribution in [-0.4, -0.2) is 32.8 Å². The van der Waals surface area contributed by atoms with Gasteiger partial charge in [-0.05, 0) is 30.5 Å². The lowest BCUT2D eigenvalue weighted by Gasteiger charge is -2.06. The van der Waals surface area contributed by atoms with Crippen molar-refractivity contribution in [2.75, 3.05) is 12.3 Å². The Morgan fingerprint density at radius 2 is 2.12 bits per heavy atom. The number of thioether (sulfide) groups is 1. The van der Waals surface area contributed by atoms with E-state index in [1.807, 2.05) is 19.1 Å². The Bertz CT molecular complexity index is 909. The van der Waals surface area contributed by atoms with Gasteiger partial charge in [-0.3, -0.25) is 4.79 Å². The van der Waals surface area contributed by atoms with Gasteiger partial charge in [0, 0.05) is 30.4 Å². The molecule has 0 spiro atoms. The van der Waals surface area contributed by atoms with E-state index in [1.54, 1.807) is 28.7 Å². The predicted octanol–water partition coefficient (Wildman–Crippen LogP) is 3.66. The van der Waals surface area contributed by atoms with Crippen LogP contribution >= 0.6 is 23.4 Å². The first-order valence-electron chi connectivity index (χ1n) is 7.97. The number of benzene rings is 1. The number of carbonyl (C=O) groups excluding carboxylic acids is 1. The van der Waals surface area contributed by atoms with Crippen molar-refractivity contribution in [1.82, 2.24) is 19.9 Å². The minimum absolute atomic E-state index is 0.212. The number of rotatable bonds is 6. The fourth-order valence-electron chi connectivity index (χ4n) is 2.42. The topological polar surface area (TPSA) is 59.3 Å². The molecule has 0 saturated heterocycles. The third kappa shape index (κ3) is 4.14. The Kier molecular flexibility index (Phi) is 5.60. The van der Waals surface area contributed by atoms with Gasteiger partial charge >= 0.3 is 0 Å². The van der Waals surface area contributed by atoms with Gasteiger partial charge in [-0.15, -0.1) is 0 Å². The van der Waals surface area contributed by atoms with E-state index in [0.717, 1.165) is 17.1 Å². The van der Waals surface area contributed by atoms with Crippen molar-refractivity contribution < 1.29 is 4.79 Å². The number of carbonyl (C=O) groups is 1. The lowest BCUT2D eigenvalue weighted by atomic mass is 10.1. The normalized spacial score (nSPS) is 11.0. The summed E-state index contributed by atoms with van der Waals surface area (Å²) < 4.78 is 1.54. The highest BCUT2D eigenvalue weighted by Crippen LogP contribution is 2.20. The zero-order valence-corrected chi connectivity index (χ0v) is 15.7. The van der Waals surface area contributed by atoms with Crippen molar-refractivity contribution in [2.24, 2.45) is 0 Å². The molecule has 0 fully saturated rings. The van der Waals surface area contributed by atoms with Crippen LogP contribution in [0.15, 0.2) is 36.7 Å². The highest BCUT2D eigenvalue weighted by molar-refractivity contribution is 7.98. The first kappa shape index (κ1) is 17.8. The Hall–Kier alpha value is -2.05. The maximum atomic E-state index is 12.3. The third-order valence-electron chi connectivity index (χ3n) is 3.81. The average Bonchev–Trinajstić information content (AvgIpc) is 2.92. The van der Waals surface area contributed by atoms with E-state index < -0.39 is 0 Å². The van der Waals surface area contributed by atoms with Gasteiger partial charge in [0.15, 0.2) is 11.3 Å².